The molecule has 1 N–H and O–H groups in total. The zero-order chi connectivity index (χ0) is 18.4. The van der Waals surface area contributed by atoms with Gasteiger partial charge in [-0.15, -0.1) is 11.3 Å². The van der Waals surface area contributed by atoms with Crippen LogP contribution in [0.15, 0.2) is 41.9 Å². The standard InChI is InChI=1S/C18H17ClFN3O2S/c19-17-15(23-10-12-26-18(23)22-17)7-8-16(24)21-9-1-2-11-25-14-5-3-13(20)4-6-14/h3-8,10,12H,1-2,9,11H2,(H,21,24)/b8-7+. The van der Waals surface area contributed by atoms with E-state index in [1.807, 2.05) is 16.0 Å². The first-order valence-electron chi connectivity index (χ1n) is 8.09. The summed E-state index contributed by atoms with van der Waals surface area (Å²) in [6.45, 7) is 1.06. The van der Waals surface area contributed by atoms with Crippen LogP contribution < -0.4 is 10.1 Å². The first-order valence-corrected chi connectivity index (χ1v) is 9.34. The van der Waals surface area contributed by atoms with Gasteiger partial charge in [0, 0.05) is 24.2 Å². The van der Waals surface area contributed by atoms with Gasteiger partial charge >= 0.3 is 0 Å². The van der Waals surface area contributed by atoms with E-state index in [4.69, 9.17) is 16.3 Å². The number of amides is 1. The van der Waals surface area contributed by atoms with Crippen molar-refractivity contribution in [3.05, 3.63) is 58.6 Å². The Bertz CT molecular complexity index is 905. The number of aromatic nitrogens is 2. The van der Waals surface area contributed by atoms with Crippen molar-refractivity contribution in [2.24, 2.45) is 0 Å². The molecule has 0 unspecified atom stereocenters. The molecule has 0 aliphatic rings. The predicted octanol–water partition coefficient (Wildman–Crippen LogP) is 4.18. The smallest absolute Gasteiger partial charge is 0.244 e. The van der Waals surface area contributed by atoms with Crippen LogP contribution in [0, 0.1) is 5.82 Å². The number of unbranched alkanes of at least 4 members (excludes halogenated alkanes) is 1. The lowest BCUT2D eigenvalue weighted by Gasteiger charge is -2.06. The number of fused-ring (bicyclic) bond motifs is 1. The summed E-state index contributed by atoms with van der Waals surface area (Å²) in [4.78, 5) is 16.9. The van der Waals surface area contributed by atoms with Crippen LogP contribution >= 0.6 is 22.9 Å². The first kappa shape index (κ1) is 18.4. The number of nitrogens with one attached hydrogen (secondary N) is 1. The second-order valence-corrected chi connectivity index (χ2v) is 6.71. The highest BCUT2D eigenvalue weighted by Gasteiger charge is 2.08. The van der Waals surface area contributed by atoms with Crippen LogP contribution in [-0.2, 0) is 4.79 Å². The number of benzene rings is 1. The Kier molecular flexibility index (Phi) is 6.25. The molecule has 0 aliphatic carbocycles. The van der Waals surface area contributed by atoms with Gasteiger partial charge in [0.1, 0.15) is 11.6 Å². The Labute approximate surface area is 159 Å². The summed E-state index contributed by atoms with van der Waals surface area (Å²) in [5.74, 6) is 0.159. The van der Waals surface area contributed by atoms with Crippen molar-refractivity contribution >= 4 is 39.9 Å². The van der Waals surface area contributed by atoms with Gasteiger partial charge in [-0.25, -0.2) is 9.37 Å². The molecule has 3 rings (SSSR count). The first-order chi connectivity index (χ1) is 12.6. The third-order valence-corrected chi connectivity index (χ3v) is 4.63. The highest BCUT2D eigenvalue weighted by molar-refractivity contribution is 7.15. The van der Waals surface area contributed by atoms with E-state index in [1.54, 1.807) is 18.2 Å². The minimum absolute atomic E-state index is 0.189. The van der Waals surface area contributed by atoms with Crippen LogP contribution in [0.25, 0.3) is 11.0 Å². The van der Waals surface area contributed by atoms with Gasteiger partial charge in [0.15, 0.2) is 10.1 Å². The van der Waals surface area contributed by atoms with E-state index < -0.39 is 0 Å². The lowest BCUT2D eigenvalue weighted by Crippen LogP contribution is -2.22. The minimum atomic E-state index is -0.287. The van der Waals surface area contributed by atoms with Gasteiger partial charge in [-0.3, -0.25) is 9.20 Å². The number of thiazole rings is 1. The molecule has 5 nitrogen and oxygen atoms in total. The number of hydrogen-bond donors (Lipinski definition) is 1. The highest BCUT2D eigenvalue weighted by Crippen LogP contribution is 2.22. The van der Waals surface area contributed by atoms with E-state index in [2.05, 4.69) is 10.3 Å². The second-order valence-electron chi connectivity index (χ2n) is 5.48. The summed E-state index contributed by atoms with van der Waals surface area (Å²) in [7, 11) is 0. The maximum absolute atomic E-state index is 12.8. The third kappa shape index (κ3) is 4.83. The van der Waals surface area contributed by atoms with Gasteiger partial charge in [0.2, 0.25) is 5.91 Å². The molecule has 0 saturated heterocycles. The number of ether oxygens (including phenoxy) is 1. The molecular weight excluding hydrogens is 377 g/mol. The van der Waals surface area contributed by atoms with Crippen LogP contribution in [0.4, 0.5) is 4.39 Å². The van der Waals surface area contributed by atoms with Gasteiger partial charge < -0.3 is 10.1 Å². The molecule has 0 atom stereocenters. The summed E-state index contributed by atoms with van der Waals surface area (Å²) in [6.07, 6.45) is 6.52. The Morgan fingerprint density at radius 3 is 2.96 bits per heavy atom. The highest BCUT2D eigenvalue weighted by atomic mass is 35.5. The average molecular weight is 394 g/mol. The molecule has 0 bridgehead atoms. The normalized spacial score (nSPS) is 11.3. The van der Waals surface area contributed by atoms with Gasteiger partial charge in [-0.1, -0.05) is 11.6 Å². The zero-order valence-electron chi connectivity index (χ0n) is 13.8. The average Bonchev–Trinajstić information content (AvgIpc) is 3.18. The lowest BCUT2D eigenvalue weighted by atomic mass is 10.3. The van der Waals surface area contributed by atoms with Crippen LogP contribution in [0.2, 0.25) is 5.15 Å². The SMILES string of the molecule is O=C(/C=C/c1c(Cl)nc2sccn12)NCCCCOc1ccc(F)cc1. The van der Waals surface area contributed by atoms with Gasteiger partial charge in [-0.2, -0.15) is 0 Å². The summed E-state index contributed by atoms with van der Waals surface area (Å²) in [5.41, 5.74) is 0.686. The molecule has 0 fully saturated rings. The lowest BCUT2D eigenvalue weighted by molar-refractivity contribution is -0.116. The number of carbonyl (C=O) groups is 1. The number of rotatable bonds is 8. The molecule has 0 aliphatic heterocycles. The van der Waals surface area contributed by atoms with E-state index >= 15 is 0 Å². The molecule has 3 aromatic rings. The molecule has 1 aromatic carbocycles. The number of imidazole rings is 1. The van der Waals surface area contributed by atoms with Crippen molar-refractivity contribution in [2.75, 3.05) is 13.2 Å². The Balaban J connectivity index is 1.36. The van der Waals surface area contributed by atoms with E-state index in [0.29, 0.717) is 29.7 Å². The van der Waals surface area contributed by atoms with Crippen LogP contribution in [0.5, 0.6) is 5.75 Å². The van der Waals surface area contributed by atoms with Gasteiger partial charge in [0.05, 0.1) is 12.3 Å². The number of carbonyl (C=O) groups excluding carboxylic acids is 1. The number of nitrogens with zero attached hydrogens (tertiary/aromatic N) is 2. The van der Waals surface area contributed by atoms with Crippen molar-refractivity contribution in [1.82, 2.24) is 14.7 Å². The number of halogens is 2. The van der Waals surface area contributed by atoms with Crippen molar-refractivity contribution in [1.29, 1.82) is 0 Å². The molecule has 0 saturated carbocycles. The molecule has 26 heavy (non-hydrogen) atoms. The molecule has 1 amide bonds. The van der Waals surface area contributed by atoms with Crippen LogP contribution in [0.3, 0.4) is 0 Å². The topological polar surface area (TPSA) is 55.6 Å². The Hall–Kier alpha value is -2.38. The van der Waals surface area contributed by atoms with Crippen molar-refractivity contribution in [2.45, 2.75) is 12.8 Å². The van der Waals surface area contributed by atoms with Crippen molar-refractivity contribution in [3.63, 3.8) is 0 Å². The zero-order valence-corrected chi connectivity index (χ0v) is 15.4. The Morgan fingerprint density at radius 2 is 2.15 bits per heavy atom. The summed E-state index contributed by atoms with van der Waals surface area (Å²) >= 11 is 7.55. The fourth-order valence-electron chi connectivity index (χ4n) is 2.30. The summed E-state index contributed by atoms with van der Waals surface area (Å²) in [5, 5.41) is 5.09. The predicted molar refractivity (Wildman–Crippen MR) is 101 cm³/mol. The summed E-state index contributed by atoms with van der Waals surface area (Å²) in [6, 6.07) is 5.90. The summed E-state index contributed by atoms with van der Waals surface area (Å²) < 4.78 is 20.1. The van der Waals surface area contributed by atoms with Crippen LogP contribution in [0.1, 0.15) is 18.5 Å². The molecule has 2 aromatic heterocycles. The van der Waals surface area contributed by atoms with Crippen molar-refractivity contribution in [3.8, 4) is 5.75 Å². The van der Waals surface area contributed by atoms with Crippen molar-refractivity contribution < 1.29 is 13.9 Å². The second kappa shape index (κ2) is 8.82. The molecule has 136 valence electrons. The van der Waals surface area contributed by atoms with E-state index in [-0.39, 0.29) is 11.7 Å². The maximum atomic E-state index is 12.8. The molecule has 0 radical (unpaired) electrons. The third-order valence-electron chi connectivity index (χ3n) is 3.60. The van der Waals surface area contributed by atoms with E-state index in [0.717, 1.165) is 17.8 Å². The molecule has 8 heteroatoms. The quantitative estimate of drug-likeness (QED) is 0.461. The Morgan fingerprint density at radius 1 is 1.35 bits per heavy atom. The van der Waals surface area contributed by atoms with Crippen LogP contribution in [-0.4, -0.2) is 28.4 Å². The molecule has 0 spiro atoms. The van der Waals surface area contributed by atoms with E-state index in [9.17, 15) is 9.18 Å². The molecule has 2 heterocycles. The maximum Gasteiger partial charge on any atom is 0.244 e. The molecular formula is C18H17ClFN3O2S. The fraction of sp³-hybridized carbons (Fsp3) is 0.222. The van der Waals surface area contributed by atoms with Gasteiger partial charge in [0.25, 0.3) is 0 Å². The van der Waals surface area contributed by atoms with Gasteiger partial charge in [-0.05, 0) is 43.2 Å². The largest absolute Gasteiger partial charge is 0.494 e. The number of hydrogen-bond acceptors (Lipinski definition) is 4. The monoisotopic (exact) mass is 393 g/mol. The fourth-order valence-corrected chi connectivity index (χ4v) is 3.30. The van der Waals surface area contributed by atoms with E-state index in [1.165, 1.54) is 29.5 Å². The minimum Gasteiger partial charge on any atom is -0.494 e.